The third-order valence-electron chi connectivity index (χ3n) is 1.92. The maximum Gasteiger partial charge on any atom is 1.00 e. The molecular weight excluding hydrogens is 203 g/mol. The standard InChI is InChI=1S/C11H8O2.K.H/c12-8-13-11-7-3-5-9-4-1-2-6-10(9)11;;/h1-8H;;/q;+1;-1. The summed E-state index contributed by atoms with van der Waals surface area (Å²) >= 11 is 0. The van der Waals surface area contributed by atoms with Crippen molar-refractivity contribution in [2.45, 2.75) is 0 Å². The Bertz CT molecular complexity index is 440. The molecule has 0 saturated carbocycles. The van der Waals surface area contributed by atoms with E-state index >= 15 is 0 Å². The molecule has 2 aromatic rings. The van der Waals surface area contributed by atoms with E-state index in [4.69, 9.17) is 4.74 Å². The second-order valence-corrected chi connectivity index (χ2v) is 2.69. The molecule has 0 bridgehead atoms. The minimum absolute atomic E-state index is 0. The first-order chi connectivity index (χ1) is 6.42. The molecular formula is C11H9KO2. The van der Waals surface area contributed by atoms with Crippen molar-refractivity contribution in [2.24, 2.45) is 0 Å². The first-order valence-corrected chi connectivity index (χ1v) is 4.00. The van der Waals surface area contributed by atoms with Crippen molar-refractivity contribution in [1.82, 2.24) is 0 Å². The van der Waals surface area contributed by atoms with Crippen LogP contribution in [0.25, 0.3) is 10.8 Å². The summed E-state index contributed by atoms with van der Waals surface area (Å²) in [5.74, 6) is 0.605. The molecule has 2 aromatic carbocycles. The molecule has 0 fully saturated rings. The van der Waals surface area contributed by atoms with Gasteiger partial charge in [0, 0.05) is 5.39 Å². The molecule has 0 atom stereocenters. The summed E-state index contributed by atoms with van der Waals surface area (Å²) in [6.07, 6.45) is 0. The second kappa shape index (κ2) is 5.63. The van der Waals surface area contributed by atoms with Crippen molar-refractivity contribution in [2.75, 3.05) is 0 Å². The zero-order chi connectivity index (χ0) is 9.10. The van der Waals surface area contributed by atoms with Crippen LogP contribution in [0.1, 0.15) is 1.43 Å². The van der Waals surface area contributed by atoms with E-state index < -0.39 is 0 Å². The fourth-order valence-electron chi connectivity index (χ4n) is 1.35. The van der Waals surface area contributed by atoms with Gasteiger partial charge in [0.25, 0.3) is 6.47 Å². The van der Waals surface area contributed by atoms with Gasteiger partial charge in [-0.15, -0.1) is 0 Å². The number of fused-ring (bicyclic) bond motifs is 1. The predicted octanol–water partition coefficient (Wildman–Crippen LogP) is -0.508. The third-order valence-corrected chi connectivity index (χ3v) is 1.92. The second-order valence-electron chi connectivity index (χ2n) is 2.69. The van der Waals surface area contributed by atoms with Gasteiger partial charge in [-0.05, 0) is 11.5 Å². The molecule has 3 heteroatoms. The number of carbonyl (C=O) groups excluding carboxylic acids is 1. The van der Waals surface area contributed by atoms with Crippen LogP contribution in [0, 0.1) is 0 Å². The van der Waals surface area contributed by atoms with Gasteiger partial charge >= 0.3 is 51.4 Å². The van der Waals surface area contributed by atoms with Crippen molar-refractivity contribution >= 4 is 17.2 Å². The molecule has 0 heterocycles. The smallest absolute Gasteiger partial charge is 1.00 e. The zero-order valence-corrected chi connectivity index (χ0v) is 11.1. The molecule has 0 aliphatic rings. The average molecular weight is 212 g/mol. The van der Waals surface area contributed by atoms with E-state index in [1.165, 1.54) is 0 Å². The molecule has 2 nitrogen and oxygen atoms in total. The predicted molar refractivity (Wildman–Crippen MR) is 51.8 cm³/mol. The van der Waals surface area contributed by atoms with Gasteiger partial charge in [0.2, 0.25) is 0 Å². The van der Waals surface area contributed by atoms with Crippen LogP contribution in [0.5, 0.6) is 5.75 Å². The molecule has 0 N–H and O–H groups in total. The van der Waals surface area contributed by atoms with E-state index in [-0.39, 0.29) is 52.8 Å². The summed E-state index contributed by atoms with van der Waals surface area (Å²) < 4.78 is 4.84. The summed E-state index contributed by atoms with van der Waals surface area (Å²) in [5, 5.41) is 2.03. The fraction of sp³-hybridized carbons (Fsp3) is 0. The summed E-state index contributed by atoms with van der Waals surface area (Å²) in [6, 6.07) is 13.4. The Morgan fingerprint density at radius 2 is 1.79 bits per heavy atom. The molecule has 2 rings (SSSR count). The van der Waals surface area contributed by atoms with Gasteiger partial charge in [-0.3, -0.25) is 4.79 Å². The first kappa shape index (κ1) is 11.9. The van der Waals surface area contributed by atoms with Crippen LogP contribution >= 0.6 is 0 Å². The summed E-state index contributed by atoms with van der Waals surface area (Å²) in [4.78, 5) is 10.2. The van der Waals surface area contributed by atoms with E-state index in [0.717, 1.165) is 10.8 Å². The molecule has 14 heavy (non-hydrogen) atoms. The van der Waals surface area contributed by atoms with Crippen molar-refractivity contribution in [3.63, 3.8) is 0 Å². The molecule has 0 unspecified atom stereocenters. The maximum absolute atomic E-state index is 10.2. The number of rotatable bonds is 2. The largest absolute Gasteiger partial charge is 1.00 e. The number of benzene rings is 2. The quantitative estimate of drug-likeness (QED) is 0.495. The van der Waals surface area contributed by atoms with Gasteiger partial charge in [0.05, 0.1) is 0 Å². The van der Waals surface area contributed by atoms with Crippen molar-refractivity contribution in [3.8, 4) is 5.75 Å². The summed E-state index contributed by atoms with van der Waals surface area (Å²) in [5.41, 5.74) is 0. The van der Waals surface area contributed by atoms with Crippen LogP contribution in [0.2, 0.25) is 0 Å². The monoisotopic (exact) mass is 212 g/mol. The van der Waals surface area contributed by atoms with E-state index in [1.807, 2.05) is 36.4 Å². The Labute approximate surface area is 126 Å². The molecule has 0 aromatic heterocycles. The normalized spacial score (nSPS) is 9.14. The van der Waals surface area contributed by atoms with E-state index in [1.54, 1.807) is 6.07 Å². The molecule has 0 aliphatic heterocycles. The number of carbonyl (C=O) groups is 1. The third kappa shape index (κ3) is 2.43. The summed E-state index contributed by atoms with van der Waals surface area (Å²) in [6.45, 7) is 0.446. The van der Waals surface area contributed by atoms with E-state index in [0.29, 0.717) is 12.2 Å². The zero-order valence-electron chi connectivity index (χ0n) is 8.94. The van der Waals surface area contributed by atoms with E-state index in [9.17, 15) is 4.79 Å². The Morgan fingerprint density at radius 1 is 1.07 bits per heavy atom. The number of ether oxygens (including phenoxy) is 1. The summed E-state index contributed by atoms with van der Waals surface area (Å²) in [7, 11) is 0. The number of hydrogen-bond acceptors (Lipinski definition) is 2. The average Bonchev–Trinajstić information content (AvgIpc) is 2.19. The van der Waals surface area contributed by atoms with Crippen LogP contribution in [0.3, 0.4) is 0 Å². The van der Waals surface area contributed by atoms with Crippen molar-refractivity contribution < 1.29 is 62.3 Å². The Morgan fingerprint density at radius 3 is 2.57 bits per heavy atom. The van der Waals surface area contributed by atoms with Crippen molar-refractivity contribution in [3.05, 3.63) is 42.5 Å². The fourth-order valence-corrected chi connectivity index (χ4v) is 1.35. The van der Waals surface area contributed by atoms with Gasteiger partial charge < -0.3 is 6.16 Å². The Balaban J connectivity index is 0.000000980. The molecule has 0 saturated heterocycles. The minimum atomic E-state index is 0. The Hall–Kier alpha value is -0.194. The van der Waals surface area contributed by atoms with Gasteiger partial charge in [-0.1, -0.05) is 36.4 Å². The molecule has 0 spiro atoms. The SMILES string of the molecule is O=COc1cccc2ccccc12.[H-].[K+]. The van der Waals surface area contributed by atoms with Gasteiger partial charge in [0.15, 0.2) is 0 Å². The molecule has 0 amide bonds. The molecule has 66 valence electrons. The van der Waals surface area contributed by atoms with Crippen LogP contribution in [-0.4, -0.2) is 6.47 Å². The molecule has 0 aliphatic carbocycles. The van der Waals surface area contributed by atoms with E-state index in [2.05, 4.69) is 0 Å². The van der Waals surface area contributed by atoms with Gasteiger partial charge in [0.1, 0.15) is 5.75 Å². The van der Waals surface area contributed by atoms with Crippen LogP contribution in [-0.2, 0) is 4.79 Å². The van der Waals surface area contributed by atoms with Crippen LogP contribution < -0.4 is 56.1 Å². The van der Waals surface area contributed by atoms with Crippen molar-refractivity contribution in [1.29, 1.82) is 0 Å². The topological polar surface area (TPSA) is 26.3 Å². The Kier molecular flexibility index (Phi) is 4.78. The minimum Gasteiger partial charge on any atom is -1.00 e. The number of hydrogen-bond donors (Lipinski definition) is 0. The van der Waals surface area contributed by atoms with Gasteiger partial charge in [-0.2, -0.15) is 0 Å². The maximum atomic E-state index is 10.2. The van der Waals surface area contributed by atoms with Gasteiger partial charge in [-0.25, -0.2) is 0 Å². The first-order valence-electron chi connectivity index (χ1n) is 4.00. The van der Waals surface area contributed by atoms with Crippen LogP contribution in [0.4, 0.5) is 0 Å². The molecule has 0 radical (unpaired) electrons. The van der Waals surface area contributed by atoms with Crippen LogP contribution in [0.15, 0.2) is 42.5 Å².